The fourth-order valence-corrected chi connectivity index (χ4v) is 3.56. The number of halogens is 4. The highest BCUT2D eigenvalue weighted by molar-refractivity contribution is 14.0. The molecule has 1 fully saturated rings. The van der Waals surface area contributed by atoms with Crippen molar-refractivity contribution in [1.82, 2.24) is 15.5 Å². The van der Waals surface area contributed by atoms with Crippen LogP contribution in [-0.2, 0) is 6.42 Å². The van der Waals surface area contributed by atoms with E-state index in [2.05, 4.69) is 47.7 Å². The molecule has 8 heteroatoms. The Morgan fingerprint density at radius 1 is 1.18 bits per heavy atom. The molecule has 1 unspecified atom stereocenters. The third-order valence-corrected chi connectivity index (χ3v) is 4.61. The monoisotopic (exact) mass is 512 g/mol. The Kier molecular flexibility index (Phi) is 10.6. The van der Waals surface area contributed by atoms with Crippen LogP contribution < -0.4 is 10.6 Å². The number of hydrogen-bond acceptors (Lipinski definition) is 2. The van der Waals surface area contributed by atoms with Gasteiger partial charge in [0, 0.05) is 26.2 Å². The van der Waals surface area contributed by atoms with E-state index in [4.69, 9.17) is 0 Å². The Bertz CT molecular complexity index is 614. The number of aryl methyl sites for hydroxylation is 2. The molecular formula is C20H32F3IN4. The van der Waals surface area contributed by atoms with Gasteiger partial charge in [-0.05, 0) is 51.6 Å². The van der Waals surface area contributed by atoms with Gasteiger partial charge in [0.2, 0.25) is 0 Å². The van der Waals surface area contributed by atoms with Gasteiger partial charge >= 0.3 is 6.18 Å². The molecule has 0 aromatic heterocycles. The van der Waals surface area contributed by atoms with E-state index in [-0.39, 0.29) is 29.9 Å². The summed E-state index contributed by atoms with van der Waals surface area (Å²) in [5.74, 6) is 0.915. The largest absolute Gasteiger partial charge is 0.401 e. The molecule has 2 N–H and O–H groups in total. The summed E-state index contributed by atoms with van der Waals surface area (Å²) >= 11 is 0. The van der Waals surface area contributed by atoms with E-state index in [0.717, 1.165) is 31.9 Å². The second-order valence-corrected chi connectivity index (χ2v) is 7.40. The van der Waals surface area contributed by atoms with Crippen LogP contribution in [0.3, 0.4) is 0 Å². The molecule has 0 bridgehead atoms. The van der Waals surface area contributed by atoms with Gasteiger partial charge in [-0.1, -0.05) is 29.3 Å². The summed E-state index contributed by atoms with van der Waals surface area (Å²) in [4.78, 5) is 6.05. The topological polar surface area (TPSA) is 39.7 Å². The first kappa shape index (κ1) is 25.0. The van der Waals surface area contributed by atoms with Crippen molar-refractivity contribution in [2.45, 2.75) is 39.8 Å². The van der Waals surface area contributed by atoms with Gasteiger partial charge in [0.1, 0.15) is 0 Å². The molecule has 0 aliphatic carbocycles. The lowest BCUT2D eigenvalue weighted by Crippen LogP contribution is -2.39. The lowest BCUT2D eigenvalue weighted by molar-refractivity contribution is -0.143. The van der Waals surface area contributed by atoms with Crippen molar-refractivity contribution in [3.05, 3.63) is 34.9 Å². The average Bonchev–Trinajstić information content (AvgIpc) is 2.97. The van der Waals surface area contributed by atoms with E-state index < -0.39 is 12.7 Å². The first-order valence-corrected chi connectivity index (χ1v) is 9.63. The summed E-state index contributed by atoms with van der Waals surface area (Å²) in [7, 11) is 0. The second-order valence-electron chi connectivity index (χ2n) is 7.40. The highest BCUT2D eigenvalue weighted by atomic mass is 127. The van der Waals surface area contributed by atoms with E-state index in [1.165, 1.54) is 21.6 Å². The Balaban J connectivity index is 0.00000392. The van der Waals surface area contributed by atoms with Crippen LogP contribution in [0.1, 0.15) is 30.0 Å². The number of guanidine groups is 1. The highest BCUT2D eigenvalue weighted by Gasteiger charge is 2.34. The van der Waals surface area contributed by atoms with E-state index in [1.54, 1.807) is 0 Å². The zero-order valence-electron chi connectivity index (χ0n) is 16.9. The van der Waals surface area contributed by atoms with Crippen molar-refractivity contribution < 1.29 is 13.2 Å². The lowest BCUT2D eigenvalue weighted by Gasteiger charge is -2.17. The molecule has 1 aromatic rings. The summed E-state index contributed by atoms with van der Waals surface area (Å²) in [6.07, 6.45) is -2.46. The minimum absolute atomic E-state index is 0. The van der Waals surface area contributed by atoms with E-state index in [1.807, 2.05) is 6.92 Å². The molecule has 0 spiro atoms. The smallest absolute Gasteiger partial charge is 0.357 e. The molecule has 0 radical (unpaired) electrons. The molecule has 1 atom stereocenters. The van der Waals surface area contributed by atoms with E-state index in [9.17, 15) is 13.2 Å². The number of benzene rings is 1. The van der Waals surface area contributed by atoms with Crippen LogP contribution in [0, 0.1) is 19.8 Å². The predicted molar refractivity (Wildman–Crippen MR) is 120 cm³/mol. The number of alkyl halides is 3. The fraction of sp³-hybridized carbons (Fsp3) is 0.650. The fourth-order valence-electron chi connectivity index (χ4n) is 3.56. The molecule has 0 amide bonds. The van der Waals surface area contributed by atoms with Gasteiger partial charge < -0.3 is 10.6 Å². The molecule has 28 heavy (non-hydrogen) atoms. The molecule has 1 heterocycles. The minimum atomic E-state index is -4.12. The Morgan fingerprint density at radius 3 is 2.46 bits per heavy atom. The van der Waals surface area contributed by atoms with Crippen LogP contribution in [0.5, 0.6) is 0 Å². The van der Waals surface area contributed by atoms with Gasteiger partial charge in [0.05, 0.1) is 6.54 Å². The molecular weight excluding hydrogens is 480 g/mol. The van der Waals surface area contributed by atoms with Crippen molar-refractivity contribution >= 4 is 29.9 Å². The summed E-state index contributed by atoms with van der Waals surface area (Å²) < 4.78 is 37.5. The number of nitrogens with one attached hydrogen (secondary N) is 2. The molecule has 1 aliphatic rings. The van der Waals surface area contributed by atoms with Gasteiger partial charge in [-0.25, -0.2) is 0 Å². The van der Waals surface area contributed by atoms with Crippen molar-refractivity contribution in [2.24, 2.45) is 10.9 Å². The lowest BCUT2D eigenvalue weighted by atomic mass is 10.1. The summed E-state index contributed by atoms with van der Waals surface area (Å²) in [5, 5.41) is 6.54. The molecule has 160 valence electrons. The molecule has 1 aliphatic heterocycles. The zero-order valence-corrected chi connectivity index (χ0v) is 19.2. The number of rotatable bonds is 7. The maximum Gasteiger partial charge on any atom is 0.401 e. The van der Waals surface area contributed by atoms with Crippen molar-refractivity contribution in [2.75, 3.05) is 39.3 Å². The number of nitrogens with zero attached hydrogens (tertiary/aromatic N) is 2. The van der Waals surface area contributed by atoms with E-state index in [0.29, 0.717) is 19.6 Å². The zero-order chi connectivity index (χ0) is 19.9. The first-order chi connectivity index (χ1) is 12.7. The third kappa shape index (κ3) is 9.45. The van der Waals surface area contributed by atoms with Crippen LogP contribution in [-0.4, -0.2) is 56.3 Å². The van der Waals surface area contributed by atoms with Crippen LogP contribution in [0.25, 0.3) is 0 Å². The molecule has 2 rings (SSSR count). The summed E-state index contributed by atoms with van der Waals surface area (Å²) in [6, 6.07) is 6.53. The normalized spacial score (nSPS) is 18.1. The predicted octanol–water partition coefficient (Wildman–Crippen LogP) is 3.90. The Hall–Kier alpha value is -1.03. The maximum atomic E-state index is 12.5. The SMILES string of the molecule is CCNC(=NCC1CCN(CC(F)(F)F)C1)NCCc1cc(C)cc(C)c1.I. The highest BCUT2D eigenvalue weighted by Crippen LogP contribution is 2.22. The van der Waals surface area contributed by atoms with Crippen LogP contribution in [0.15, 0.2) is 23.2 Å². The van der Waals surface area contributed by atoms with E-state index >= 15 is 0 Å². The second kappa shape index (κ2) is 11.8. The molecule has 1 aromatic carbocycles. The van der Waals surface area contributed by atoms with Crippen molar-refractivity contribution in [3.63, 3.8) is 0 Å². The Labute approximate surface area is 183 Å². The summed E-state index contributed by atoms with van der Waals surface area (Å²) in [5.41, 5.74) is 3.81. The molecule has 1 saturated heterocycles. The molecule has 4 nitrogen and oxygen atoms in total. The average molecular weight is 512 g/mol. The number of aliphatic imine (C=N–C) groups is 1. The van der Waals surface area contributed by atoms with Gasteiger partial charge in [-0.2, -0.15) is 13.2 Å². The maximum absolute atomic E-state index is 12.5. The van der Waals surface area contributed by atoms with Gasteiger partial charge in [-0.15, -0.1) is 24.0 Å². The van der Waals surface area contributed by atoms with Gasteiger partial charge in [0.25, 0.3) is 0 Å². The number of hydrogen-bond donors (Lipinski definition) is 2. The van der Waals surface area contributed by atoms with Crippen molar-refractivity contribution in [1.29, 1.82) is 0 Å². The van der Waals surface area contributed by atoms with Crippen LogP contribution in [0.2, 0.25) is 0 Å². The quantitative estimate of drug-likeness (QED) is 0.331. The standard InChI is InChI=1S/C20H31F3N4.HI/c1-4-24-19(25-7-5-17-10-15(2)9-16(3)11-17)26-12-18-6-8-27(13-18)14-20(21,22)23;/h9-11,18H,4-8,12-14H2,1-3H3,(H2,24,25,26);1H. The van der Waals surface area contributed by atoms with Crippen LogP contribution in [0.4, 0.5) is 13.2 Å². The van der Waals surface area contributed by atoms with Crippen LogP contribution >= 0.6 is 24.0 Å². The van der Waals surface area contributed by atoms with Gasteiger partial charge in [0.15, 0.2) is 5.96 Å². The minimum Gasteiger partial charge on any atom is -0.357 e. The molecule has 0 saturated carbocycles. The van der Waals surface area contributed by atoms with Gasteiger partial charge in [-0.3, -0.25) is 9.89 Å². The first-order valence-electron chi connectivity index (χ1n) is 9.63. The van der Waals surface area contributed by atoms with Crippen molar-refractivity contribution in [3.8, 4) is 0 Å². The third-order valence-electron chi connectivity index (χ3n) is 4.61. The summed E-state index contributed by atoms with van der Waals surface area (Å²) in [6.45, 7) is 8.40. The Morgan fingerprint density at radius 2 is 1.86 bits per heavy atom. The number of likely N-dealkylation sites (tertiary alicyclic amines) is 1.